The molecule has 0 saturated carbocycles. The molecule has 0 unspecified atom stereocenters. The van der Waals surface area contributed by atoms with Crippen molar-refractivity contribution in [3.05, 3.63) is 29.1 Å². The van der Waals surface area contributed by atoms with Gasteiger partial charge < -0.3 is 38.3 Å². The summed E-state index contributed by atoms with van der Waals surface area (Å²) in [5.74, 6) is -15.2. The van der Waals surface area contributed by atoms with Crippen LogP contribution in [0.5, 0.6) is 5.75 Å². The van der Waals surface area contributed by atoms with E-state index in [9.17, 15) is 31.5 Å². The summed E-state index contributed by atoms with van der Waals surface area (Å²) < 4.78 is 101. The van der Waals surface area contributed by atoms with Gasteiger partial charge in [-0.25, -0.2) is 18.0 Å². The molecule has 0 aliphatic rings. The molecule has 206 valence electrons. The van der Waals surface area contributed by atoms with Gasteiger partial charge >= 0.3 is 11.9 Å². The Balaban J connectivity index is 1.93. The van der Waals surface area contributed by atoms with Gasteiger partial charge in [0.1, 0.15) is 6.61 Å². The van der Waals surface area contributed by atoms with E-state index in [0.717, 1.165) is 0 Å². The summed E-state index contributed by atoms with van der Waals surface area (Å²) in [4.78, 5) is 21.8. The first-order valence-corrected chi connectivity index (χ1v) is 10.7. The van der Waals surface area contributed by atoms with E-state index in [1.807, 2.05) is 0 Å². The van der Waals surface area contributed by atoms with E-state index in [1.165, 1.54) is 0 Å². The van der Waals surface area contributed by atoms with Crippen LogP contribution in [0.1, 0.15) is 6.42 Å². The third-order valence-electron chi connectivity index (χ3n) is 3.92. The summed E-state index contributed by atoms with van der Waals surface area (Å²) in [5.41, 5.74) is 0. The van der Waals surface area contributed by atoms with Crippen LogP contribution >= 0.6 is 0 Å². The predicted octanol–water partition coefficient (Wildman–Crippen LogP) is 1.86. The van der Waals surface area contributed by atoms with Crippen molar-refractivity contribution in [2.75, 3.05) is 79.3 Å². The lowest BCUT2D eigenvalue weighted by Gasteiger charge is -2.09. The highest BCUT2D eigenvalue weighted by atomic mass is 19.2. The van der Waals surface area contributed by atoms with E-state index in [-0.39, 0.29) is 52.9 Å². The molecule has 10 nitrogen and oxygen atoms in total. The molecule has 1 aromatic carbocycles. The summed E-state index contributed by atoms with van der Waals surface area (Å²) >= 11 is 0. The third kappa shape index (κ3) is 13.0. The van der Waals surface area contributed by atoms with Gasteiger partial charge in [-0.3, -0.25) is 4.79 Å². The molecule has 1 N–H and O–H groups in total. The molecule has 0 aliphatic heterocycles. The van der Waals surface area contributed by atoms with Crippen molar-refractivity contribution in [2.45, 2.75) is 6.42 Å². The maximum atomic E-state index is 13.5. The van der Waals surface area contributed by atoms with Gasteiger partial charge in [0, 0.05) is 0 Å². The first kappa shape index (κ1) is 31.6. The molecule has 15 heteroatoms. The van der Waals surface area contributed by atoms with Gasteiger partial charge in [0.2, 0.25) is 34.8 Å². The number of halogens is 5. The van der Waals surface area contributed by atoms with Gasteiger partial charge in [-0.05, 0) is 0 Å². The summed E-state index contributed by atoms with van der Waals surface area (Å²) in [7, 11) is 0. The Hall–Kier alpha value is -2.43. The standard InChI is InChI=1S/C21H27F5O10/c22-16-17(23)19(25)21(20(26)18(16)24)36-15(29)1-2-30-3-4-31-5-6-32-7-8-33-9-10-34-11-12-35-13-14(27)28/h1-13H2,(H,27,28). The van der Waals surface area contributed by atoms with E-state index in [4.69, 9.17) is 33.5 Å². The second-order valence-electron chi connectivity index (χ2n) is 6.63. The molecule has 0 heterocycles. The summed E-state index contributed by atoms with van der Waals surface area (Å²) in [6, 6.07) is 0. The molecule has 0 saturated heterocycles. The van der Waals surface area contributed by atoms with Crippen molar-refractivity contribution in [2.24, 2.45) is 0 Å². The predicted molar refractivity (Wildman–Crippen MR) is 109 cm³/mol. The zero-order valence-electron chi connectivity index (χ0n) is 19.2. The molecule has 0 spiro atoms. The van der Waals surface area contributed by atoms with E-state index < -0.39 is 53.2 Å². The van der Waals surface area contributed by atoms with E-state index >= 15 is 0 Å². The molecule has 1 aromatic rings. The number of rotatable bonds is 21. The molecular formula is C21H27F5O10. The maximum absolute atomic E-state index is 13.5. The van der Waals surface area contributed by atoms with E-state index in [1.54, 1.807) is 0 Å². The zero-order chi connectivity index (χ0) is 26.8. The van der Waals surface area contributed by atoms with Gasteiger partial charge in [-0.15, -0.1) is 0 Å². The second-order valence-corrected chi connectivity index (χ2v) is 6.63. The molecule has 36 heavy (non-hydrogen) atoms. The second kappa shape index (κ2) is 18.8. The molecule has 0 fully saturated rings. The van der Waals surface area contributed by atoms with Crippen molar-refractivity contribution < 1.29 is 69.8 Å². The summed E-state index contributed by atoms with van der Waals surface area (Å²) in [6.45, 7) is 1.93. The quantitative estimate of drug-likeness (QED) is 0.0625. The smallest absolute Gasteiger partial charge is 0.329 e. The number of carbonyl (C=O) groups is 2. The van der Waals surface area contributed by atoms with E-state index in [0.29, 0.717) is 26.4 Å². The maximum Gasteiger partial charge on any atom is 0.329 e. The van der Waals surface area contributed by atoms with Gasteiger partial charge in [0.15, 0.2) is 0 Å². The van der Waals surface area contributed by atoms with Crippen LogP contribution in [0.25, 0.3) is 0 Å². The van der Waals surface area contributed by atoms with Gasteiger partial charge in [-0.1, -0.05) is 0 Å². The number of carboxylic acids is 1. The van der Waals surface area contributed by atoms with Crippen molar-refractivity contribution >= 4 is 11.9 Å². The number of carbonyl (C=O) groups excluding carboxylic acids is 1. The highest BCUT2D eigenvalue weighted by Gasteiger charge is 2.28. The molecule has 0 aliphatic carbocycles. The monoisotopic (exact) mass is 534 g/mol. The van der Waals surface area contributed by atoms with Crippen molar-refractivity contribution in [1.29, 1.82) is 0 Å². The van der Waals surface area contributed by atoms with Crippen LogP contribution in [-0.2, 0) is 38.0 Å². The lowest BCUT2D eigenvalue weighted by molar-refractivity contribution is -0.142. The van der Waals surface area contributed by atoms with Crippen LogP contribution in [0, 0.1) is 29.1 Å². The lowest BCUT2D eigenvalue weighted by Crippen LogP contribution is -2.16. The molecular weight excluding hydrogens is 507 g/mol. The number of carboxylic acid groups (broad SMARTS) is 1. The molecule has 0 radical (unpaired) electrons. The van der Waals surface area contributed by atoms with Crippen LogP contribution in [0.15, 0.2) is 0 Å². The fourth-order valence-electron chi connectivity index (χ4n) is 2.25. The Bertz CT molecular complexity index is 783. The van der Waals surface area contributed by atoms with Gasteiger partial charge in [0.25, 0.3) is 0 Å². The topological polar surface area (TPSA) is 119 Å². The summed E-state index contributed by atoms with van der Waals surface area (Å²) in [5, 5.41) is 8.37. The normalized spacial score (nSPS) is 11.1. The highest BCUT2D eigenvalue weighted by Crippen LogP contribution is 2.29. The van der Waals surface area contributed by atoms with Gasteiger partial charge in [0.05, 0.1) is 79.1 Å². The number of aliphatic carboxylic acids is 1. The molecule has 0 bridgehead atoms. The average molecular weight is 534 g/mol. The Morgan fingerprint density at radius 3 is 1.25 bits per heavy atom. The lowest BCUT2D eigenvalue weighted by atomic mass is 10.2. The number of hydrogen-bond donors (Lipinski definition) is 1. The minimum atomic E-state index is -2.35. The number of esters is 1. The highest BCUT2D eigenvalue weighted by molar-refractivity contribution is 5.72. The van der Waals surface area contributed by atoms with Crippen LogP contribution in [0.2, 0.25) is 0 Å². The molecule has 0 aromatic heterocycles. The molecule has 1 rings (SSSR count). The Morgan fingerprint density at radius 1 is 0.528 bits per heavy atom. The first-order valence-electron chi connectivity index (χ1n) is 10.7. The summed E-state index contributed by atoms with van der Waals surface area (Å²) in [6.07, 6.45) is -0.494. The zero-order valence-corrected chi connectivity index (χ0v) is 19.2. The van der Waals surface area contributed by atoms with Crippen LogP contribution in [0.4, 0.5) is 22.0 Å². The molecule has 0 atom stereocenters. The number of ether oxygens (including phenoxy) is 7. The fourth-order valence-corrected chi connectivity index (χ4v) is 2.25. The van der Waals surface area contributed by atoms with Crippen molar-refractivity contribution in [1.82, 2.24) is 0 Å². The average Bonchev–Trinajstić information content (AvgIpc) is 2.85. The van der Waals surface area contributed by atoms with Crippen molar-refractivity contribution in [3.63, 3.8) is 0 Å². The number of hydrogen-bond acceptors (Lipinski definition) is 9. The van der Waals surface area contributed by atoms with Crippen LogP contribution in [0.3, 0.4) is 0 Å². The van der Waals surface area contributed by atoms with E-state index in [2.05, 4.69) is 4.74 Å². The van der Waals surface area contributed by atoms with Crippen molar-refractivity contribution in [3.8, 4) is 5.75 Å². The van der Waals surface area contributed by atoms with Gasteiger partial charge in [-0.2, -0.15) is 8.78 Å². The minimum absolute atomic E-state index is 0.0697. The van der Waals surface area contributed by atoms with Crippen LogP contribution < -0.4 is 4.74 Å². The Kier molecular flexibility index (Phi) is 16.5. The fraction of sp³-hybridized carbons (Fsp3) is 0.619. The third-order valence-corrected chi connectivity index (χ3v) is 3.92. The SMILES string of the molecule is O=C(O)COCCOCCOCCOCCOCCOCCC(=O)Oc1c(F)c(F)c(F)c(F)c1F. The molecule has 0 amide bonds. The Labute approximate surface area is 203 Å². The number of benzene rings is 1. The first-order chi connectivity index (χ1) is 17.3. The Morgan fingerprint density at radius 2 is 0.861 bits per heavy atom. The largest absolute Gasteiger partial charge is 0.480 e. The van der Waals surface area contributed by atoms with Crippen LogP contribution in [-0.4, -0.2) is 96.3 Å². The minimum Gasteiger partial charge on any atom is -0.480 e.